The number of fused-ring (bicyclic) bond motifs is 2. The monoisotopic (exact) mass is 638 g/mol. The van der Waals surface area contributed by atoms with Crippen LogP contribution in [0.4, 0.5) is 0 Å². The minimum Gasteiger partial charge on any atom is -0.268 e. The summed E-state index contributed by atoms with van der Waals surface area (Å²) < 4.78 is 1.57. The van der Waals surface area contributed by atoms with Crippen LogP contribution < -0.4 is 5.56 Å². The van der Waals surface area contributed by atoms with Crippen LogP contribution in [0, 0.1) is 29.6 Å². The standard InChI is InChI=1S/C35H24N4O.C7H8.C2H6/c1-4-29-30(19-25(21-37)35(2,3)24-13-9-6-10-14-24)39-33(38-29)27-16-15-23(20-36)31-26(22-11-7-5-8-12-22)17-18-28(32(27)31)34(39)40;1-7-5-3-2-4-6-7;1-2/h4-19H,1H2,2-3H3;2-6H,1H3;1-2H3/b25-19-;;. The first-order valence-corrected chi connectivity index (χ1v) is 16.3. The number of imidazole rings is 1. The number of benzene rings is 5. The van der Waals surface area contributed by atoms with E-state index >= 15 is 0 Å². The third-order valence-electron chi connectivity index (χ3n) is 8.69. The number of rotatable bonds is 5. The third kappa shape index (κ3) is 6.35. The molecule has 7 aromatic rings. The van der Waals surface area contributed by atoms with Gasteiger partial charge in [-0.1, -0.05) is 137 Å². The summed E-state index contributed by atoms with van der Waals surface area (Å²) in [4.78, 5) is 19.0. The van der Waals surface area contributed by atoms with Crippen LogP contribution in [0.5, 0.6) is 0 Å². The van der Waals surface area contributed by atoms with Crippen LogP contribution in [-0.2, 0) is 5.41 Å². The van der Waals surface area contributed by atoms with E-state index in [9.17, 15) is 15.3 Å². The van der Waals surface area contributed by atoms with Crippen molar-refractivity contribution in [3.63, 3.8) is 0 Å². The summed E-state index contributed by atoms with van der Waals surface area (Å²) in [6.45, 7) is 14.0. The molecular weight excluding hydrogens is 601 g/mol. The van der Waals surface area contributed by atoms with E-state index in [0.29, 0.717) is 38.9 Å². The molecule has 0 aliphatic rings. The van der Waals surface area contributed by atoms with Gasteiger partial charge >= 0.3 is 0 Å². The summed E-state index contributed by atoms with van der Waals surface area (Å²) >= 11 is 0. The molecule has 0 spiro atoms. The van der Waals surface area contributed by atoms with Crippen molar-refractivity contribution in [2.75, 3.05) is 0 Å². The summed E-state index contributed by atoms with van der Waals surface area (Å²) in [7, 11) is 0. The van der Waals surface area contributed by atoms with Crippen molar-refractivity contribution in [3.05, 3.63) is 166 Å². The minimum atomic E-state index is -0.610. The van der Waals surface area contributed by atoms with Crippen molar-refractivity contribution >= 4 is 39.3 Å². The van der Waals surface area contributed by atoms with Gasteiger partial charge in [0, 0.05) is 32.5 Å². The highest BCUT2D eigenvalue weighted by atomic mass is 16.1. The van der Waals surface area contributed by atoms with Gasteiger partial charge in [-0.2, -0.15) is 10.5 Å². The van der Waals surface area contributed by atoms with Gasteiger partial charge in [0.15, 0.2) is 0 Å². The van der Waals surface area contributed by atoms with Crippen LogP contribution in [0.3, 0.4) is 0 Å². The van der Waals surface area contributed by atoms with Gasteiger partial charge in [-0.15, -0.1) is 0 Å². The van der Waals surface area contributed by atoms with Crippen molar-refractivity contribution in [2.24, 2.45) is 0 Å². The number of aryl methyl sites for hydroxylation is 1. The van der Waals surface area contributed by atoms with E-state index in [1.54, 1.807) is 22.6 Å². The molecule has 0 radical (unpaired) electrons. The largest absolute Gasteiger partial charge is 0.268 e. The molecule has 0 N–H and O–H groups in total. The number of hydrogen-bond donors (Lipinski definition) is 0. The second-order valence-corrected chi connectivity index (χ2v) is 11.9. The molecule has 5 nitrogen and oxygen atoms in total. The fourth-order valence-corrected chi connectivity index (χ4v) is 6.09. The van der Waals surface area contributed by atoms with Crippen LogP contribution in [0.15, 0.2) is 132 Å². The summed E-state index contributed by atoms with van der Waals surface area (Å²) in [5.41, 5.74) is 5.74. The van der Waals surface area contributed by atoms with E-state index in [0.717, 1.165) is 27.5 Å². The van der Waals surface area contributed by atoms with Crippen molar-refractivity contribution < 1.29 is 0 Å². The number of pyridine rings is 1. The Balaban J connectivity index is 0.000000458. The summed E-state index contributed by atoms with van der Waals surface area (Å²) in [6, 6.07) is 42.0. The fourth-order valence-electron chi connectivity index (χ4n) is 6.09. The smallest absolute Gasteiger partial charge is 0.264 e. The number of hydrogen-bond acceptors (Lipinski definition) is 4. The molecular formula is C44H38N4O. The average molecular weight is 639 g/mol. The highest BCUT2D eigenvalue weighted by Crippen LogP contribution is 2.38. The van der Waals surface area contributed by atoms with Crippen molar-refractivity contribution in [1.82, 2.24) is 9.38 Å². The zero-order valence-electron chi connectivity index (χ0n) is 28.5. The first-order chi connectivity index (χ1) is 23.8. The molecule has 0 saturated heterocycles. The maximum atomic E-state index is 14.2. The average Bonchev–Trinajstić information content (AvgIpc) is 3.53. The zero-order valence-corrected chi connectivity index (χ0v) is 28.5. The number of nitriles is 2. The molecule has 49 heavy (non-hydrogen) atoms. The Morgan fingerprint density at radius 1 is 0.796 bits per heavy atom. The van der Waals surface area contributed by atoms with E-state index < -0.39 is 5.41 Å². The molecule has 7 rings (SSSR count). The molecule has 0 amide bonds. The minimum absolute atomic E-state index is 0.260. The Labute approximate surface area is 287 Å². The molecule has 5 heteroatoms. The highest BCUT2D eigenvalue weighted by Gasteiger charge is 2.28. The topological polar surface area (TPSA) is 81.9 Å². The summed E-state index contributed by atoms with van der Waals surface area (Å²) in [5, 5.41) is 22.9. The first kappa shape index (κ1) is 34.0. The van der Waals surface area contributed by atoms with Gasteiger partial charge in [0.25, 0.3) is 5.56 Å². The number of aromatic nitrogens is 2. The first-order valence-electron chi connectivity index (χ1n) is 16.3. The van der Waals surface area contributed by atoms with E-state index in [-0.39, 0.29) is 5.56 Å². The molecule has 0 saturated carbocycles. The van der Waals surface area contributed by atoms with Gasteiger partial charge in [-0.25, -0.2) is 4.98 Å². The van der Waals surface area contributed by atoms with E-state index in [1.165, 1.54) is 5.56 Å². The van der Waals surface area contributed by atoms with Crippen molar-refractivity contribution in [2.45, 2.75) is 40.0 Å². The Morgan fingerprint density at radius 3 is 1.94 bits per heavy atom. The zero-order chi connectivity index (χ0) is 35.1. The molecule has 5 aromatic carbocycles. The molecule has 0 atom stereocenters. The lowest BCUT2D eigenvalue weighted by atomic mass is 9.77. The van der Waals surface area contributed by atoms with E-state index in [2.05, 4.69) is 37.8 Å². The SMILES string of the molecule is C=Cc1nc2c3ccc(C#N)c4c(-c5ccccc5)ccc(c(=O)n2c1/C=C(/C#N)C(C)(C)c1ccccc1)c43.CC.Cc1ccccc1. The van der Waals surface area contributed by atoms with Gasteiger partial charge in [0.2, 0.25) is 0 Å². The molecule has 2 aromatic heterocycles. The highest BCUT2D eigenvalue weighted by molar-refractivity contribution is 6.20. The van der Waals surface area contributed by atoms with Crippen LogP contribution in [0.2, 0.25) is 0 Å². The quantitative estimate of drug-likeness (QED) is 0.176. The van der Waals surface area contributed by atoms with Crippen LogP contribution in [0.1, 0.15) is 55.8 Å². The van der Waals surface area contributed by atoms with E-state index in [1.807, 2.05) is 125 Å². The van der Waals surface area contributed by atoms with Crippen LogP contribution in [-0.4, -0.2) is 9.38 Å². The predicted octanol–water partition coefficient (Wildman–Crippen LogP) is 10.5. The van der Waals surface area contributed by atoms with Gasteiger partial charge < -0.3 is 0 Å². The van der Waals surface area contributed by atoms with Crippen LogP contribution in [0.25, 0.3) is 50.5 Å². The summed E-state index contributed by atoms with van der Waals surface area (Å²) in [6.07, 6.45) is 3.36. The summed E-state index contributed by atoms with van der Waals surface area (Å²) in [5.74, 6) is 0. The normalized spacial score (nSPS) is 11.2. The van der Waals surface area contributed by atoms with E-state index in [4.69, 9.17) is 4.98 Å². The Hall–Kier alpha value is -6.30. The molecule has 0 bridgehead atoms. The van der Waals surface area contributed by atoms with Gasteiger partial charge in [-0.05, 0) is 54.0 Å². The second-order valence-electron chi connectivity index (χ2n) is 11.9. The van der Waals surface area contributed by atoms with Crippen molar-refractivity contribution in [3.8, 4) is 23.3 Å². The lowest BCUT2D eigenvalue weighted by molar-refractivity contribution is 0.646. The van der Waals surface area contributed by atoms with Gasteiger partial charge in [0.05, 0.1) is 29.1 Å². The molecule has 0 unspecified atom stereocenters. The third-order valence-corrected chi connectivity index (χ3v) is 8.69. The maximum absolute atomic E-state index is 14.2. The van der Waals surface area contributed by atoms with Crippen molar-refractivity contribution in [1.29, 1.82) is 10.5 Å². The Morgan fingerprint density at radius 2 is 1.39 bits per heavy atom. The fraction of sp³-hybridized carbons (Fsp3) is 0.136. The van der Waals surface area contributed by atoms with Gasteiger partial charge in [-0.3, -0.25) is 9.20 Å². The molecule has 240 valence electrons. The molecule has 0 aliphatic carbocycles. The van der Waals surface area contributed by atoms with Crippen LogP contribution >= 0.6 is 0 Å². The Kier molecular flexibility index (Phi) is 10.2. The Bertz CT molecular complexity index is 2430. The predicted molar refractivity (Wildman–Crippen MR) is 203 cm³/mol. The van der Waals surface area contributed by atoms with Gasteiger partial charge in [0.1, 0.15) is 5.65 Å². The molecule has 0 aliphatic heterocycles. The maximum Gasteiger partial charge on any atom is 0.264 e. The lowest BCUT2D eigenvalue weighted by Crippen LogP contribution is -2.20. The lowest BCUT2D eigenvalue weighted by Gasteiger charge is -2.24. The molecule has 2 heterocycles. The number of allylic oxidation sites excluding steroid dienone is 1. The second kappa shape index (κ2) is 14.6. The number of nitrogens with zero attached hydrogens (tertiary/aromatic N) is 4. The molecule has 0 fully saturated rings.